The predicted octanol–water partition coefficient (Wildman–Crippen LogP) is 2.58. The Hall–Kier alpha value is -0.870. The summed E-state index contributed by atoms with van der Waals surface area (Å²) in [5.74, 6) is 0. The van der Waals surface area contributed by atoms with Crippen molar-refractivity contribution in [1.82, 2.24) is 9.27 Å². The Morgan fingerprint density at radius 1 is 1.50 bits per heavy atom. The number of nitriles is 1. The minimum atomic E-state index is 0.288. The molecule has 1 aromatic heterocycles. The summed E-state index contributed by atoms with van der Waals surface area (Å²) in [5, 5.41) is 13.3. The molecule has 1 saturated heterocycles. The smallest absolute Gasteiger partial charge is 0.162 e. The number of aromatic nitrogens is 1. The van der Waals surface area contributed by atoms with E-state index in [1.807, 2.05) is 0 Å². The van der Waals surface area contributed by atoms with Gasteiger partial charge in [0.1, 0.15) is 16.6 Å². The summed E-state index contributed by atoms with van der Waals surface area (Å²) in [5.41, 5.74) is 0.449. The first kappa shape index (κ1) is 15.5. The van der Waals surface area contributed by atoms with E-state index in [2.05, 4.69) is 34.5 Å². The zero-order valence-electron chi connectivity index (χ0n) is 11.7. The van der Waals surface area contributed by atoms with Gasteiger partial charge in [0.2, 0.25) is 0 Å². The van der Waals surface area contributed by atoms with Gasteiger partial charge in [-0.3, -0.25) is 4.90 Å². The molecule has 0 radical (unpaired) electrons. The van der Waals surface area contributed by atoms with E-state index in [9.17, 15) is 0 Å². The Labute approximate surface area is 128 Å². The number of hydrogen-bond donors (Lipinski definition) is 1. The van der Waals surface area contributed by atoms with Crippen molar-refractivity contribution in [3.8, 4) is 6.07 Å². The normalized spacial score (nSPS) is 23.5. The number of anilines is 1. The van der Waals surface area contributed by atoms with Gasteiger partial charge in [-0.25, -0.2) is 0 Å². The minimum absolute atomic E-state index is 0.288. The van der Waals surface area contributed by atoms with E-state index in [4.69, 9.17) is 21.6 Å². The summed E-state index contributed by atoms with van der Waals surface area (Å²) in [6.45, 7) is 8.03. The van der Waals surface area contributed by atoms with Crippen molar-refractivity contribution in [3.63, 3.8) is 0 Å². The summed E-state index contributed by atoms with van der Waals surface area (Å²) < 4.78 is 9.68. The molecule has 0 unspecified atom stereocenters. The van der Waals surface area contributed by atoms with Gasteiger partial charge in [0.05, 0.1) is 12.2 Å². The Bertz CT molecular complexity index is 477. The highest BCUT2D eigenvalue weighted by Gasteiger charge is 2.21. The fourth-order valence-electron chi connectivity index (χ4n) is 2.46. The minimum Gasteiger partial charge on any atom is -0.374 e. The van der Waals surface area contributed by atoms with Crippen LogP contribution in [0.3, 0.4) is 0 Å². The van der Waals surface area contributed by atoms with Gasteiger partial charge >= 0.3 is 0 Å². The van der Waals surface area contributed by atoms with Gasteiger partial charge in [0, 0.05) is 26.2 Å². The van der Waals surface area contributed by atoms with Crippen molar-refractivity contribution in [2.75, 3.05) is 31.5 Å². The maximum Gasteiger partial charge on any atom is 0.162 e. The molecule has 20 heavy (non-hydrogen) atoms. The standard InChI is InChI=1S/C13H19ClN4OS/c1-9-7-18(8-10(2)19-9)5-3-4-16-13-11(6-15)12(14)17-20-13/h9-10,16H,3-5,7-8H2,1-2H3/t9-,10-/m0/s1. The van der Waals surface area contributed by atoms with Gasteiger partial charge in [-0.05, 0) is 31.8 Å². The highest BCUT2D eigenvalue weighted by atomic mass is 35.5. The quantitative estimate of drug-likeness (QED) is 0.846. The van der Waals surface area contributed by atoms with Crippen LogP contribution in [0.5, 0.6) is 0 Å². The molecule has 0 bridgehead atoms. The molecule has 0 saturated carbocycles. The van der Waals surface area contributed by atoms with Gasteiger partial charge < -0.3 is 10.1 Å². The lowest BCUT2D eigenvalue weighted by Crippen LogP contribution is -2.45. The van der Waals surface area contributed by atoms with Crippen LogP contribution in [0, 0.1) is 11.3 Å². The van der Waals surface area contributed by atoms with Crippen LogP contribution in [0.25, 0.3) is 0 Å². The molecular weight excluding hydrogens is 296 g/mol. The van der Waals surface area contributed by atoms with Gasteiger partial charge in [-0.15, -0.1) is 0 Å². The molecule has 110 valence electrons. The van der Waals surface area contributed by atoms with Crippen LogP contribution in [0.4, 0.5) is 5.00 Å². The Balaban J connectivity index is 1.72. The van der Waals surface area contributed by atoms with Crippen LogP contribution in [0.15, 0.2) is 0 Å². The molecule has 1 fully saturated rings. The van der Waals surface area contributed by atoms with E-state index in [0.29, 0.717) is 17.8 Å². The number of ether oxygens (including phenoxy) is 1. The number of morpholine rings is 1. The van der Waals surface area contributed by atoms with Gasteiger partial charge in [0.15, 0.2) is 5.15 Å². The molecule has 1 aromatic rings. The van der Waals surface area contributed by atoms with E-state index in [1.165, 1.54) is 11.5 Å². The van der Waals surface area contributed by atoms with Crippen LogP contribution in [-0.4, -0.2) is 47.7 Å². The molecule has 1 aliphatic heterocycles. The molecule has 5 nitrogen and oxygen atoms in total. The van der Waals surface area contributed by atoms with E-state index < -0.39 is 0 Å². The molecule has 0 amide bonds. The van der Waals surface area contributed by atoms with Crippen LogP contribution in [-0.2, 0) is 4.74 Å². The molecule has 2 rings (SSSR count). The van der Waals surface area contributed by atoms with E-state index >= 15 is 0 Å². The molecule has 0 spiro atoms. The van der Waals surface area contributed by atoms with Crippen LogP contribution >= 0.6 is 23.1 Å². The Morgan fingerprint density at radius 3 is 2.85 bits per heavy atom. The largest absolute Gasteiger partial charge is 0.374 e. The zero-order chi connectivity index (χ0) is 14.5. The lowest BCUT2D eigenvalue weighted by atomic mass is 10.2. The maximum atomic E-state index is 8.98. The van der Waals surface area contributed by atoms with E-state index in [-0.39, 0.29) is 5.15 Å². The zero-order valence-corrected chi connectivity index (χ0v) is 13.3. The van der Waals surface area contributed by atoms with E-state index in [1.54, 1.807) is 0 Å². The number of nitrogens with zero attached hydrogens (tertiary/aromatic N) is 3. The van der Waals surface area contributed by atoms with Crippen molar-refractivity contribution in [2.45, 2.75) is 32.5 Å². The predicted molar refractivity (Wildman–Crippen MR) is 81.4 cm³/mol. The SMILES string of the molecule is C[C@H]1CN(CCCNc2snc(Cl)c2C#N)C[C@H](C)O1. The molecule has 2 atom stereocenters. The van der Waals surface area contributed by atoms with Crippen molar-refractivity contribution < 1.29 is 4.74 Å². The molecule has 7 heteroatoms. The lowest BCUT2D eigenvalue weighted by Gasteiger charge is -2.35. The summed E-state index contributed by atoms with van der Waals surface area (Å²) in [6.07, 6.45) is 1.62. The number of nitrogens with one attached hydrogen (secondary N) is 1. The number of hydrogen-bond acceptors (Lipinski definition) is 6. The van der Waals surface area contributed by atoms with Gasteiger partial charge in [-0.1, -0.05) is 11.6 Å². The van der Waals surface area contributed by atoms with Crippen molar-refractivity contribution in [2.24, 2.45) is 0 Å². The number of halogens is 1. The monoisotopic (exact) mass is 314 g/mol. The maximum absolute atomic E-state index is 8.98. The molecule has 1 N–H and O–H groups in total. The average molecular weight is 315 g/mol. The van der Waals surface area contributed by atoms with Gasteiger partial charge in [-0.2, -0.15) is 9.64 Å². The first-order valence-electron chi connectivity index (χ1n) is 6.77. The number of rotatable bonds is 5. The van der Waals surface area contributed by atoms with Crippen LogP contribution < -0.4 is 5.32 Å². The molecule has 0 aliphatic carbocycles. The van der Waals surface area contributed by atoms with E-state index in [0.717, 1.165) is 37.6 Å². The lowest BCUT2D eigenvalue weighted by molar-refractivity contribution is -0.0678. The van der Waals surface area contributed by atoms with Crippen molar-refractivity contribution in [1.29, 1.82) is 5.26 Å². The fraction of sp³-hybridized carbons (Fsp3) is 0.692. The van der Waals surface area contributed by atoms with Crippen LogP contribution in [0.2, 0.25) is 5.15 Å². The molecule has 0 aromatic carbocycles. The second-order valence-electron chi connectivity index (χ2n) is 5.09. The summed E-state index contributed by atoms with van der Waals surface area (Å²) in [6, 6.07) is 2.07. The first-order chi connectivity index (χ1) is 9.60. The van der Waals surface area contributed by atoms with Crippen molar-refractivity contribution in [3.05, 3.63) is 10.7 Å². The third kappa shape index (κ3) is 4.06. The third-order valence-corrected chi connectivity index (χ3v) is 4.37. The topological polar surface area (TPSA) is 61.2 Å². The first-order valence-corrected chi connectivity index (χ1v) is 7.92. The Kier molecular flexibility index (Phi) is 5.61. The fourth-order valence-corrected chi connectivity index (χ4v) is 3.42. The summed E-state index contributed by atoms with van der Waals surface area (Å²) in [4.78, 5) is 2.42. The average Bonchev–Trinajstić information content (AvgIpc) is 2.74. The Morgan fingerprint density at radius 2 is 2.20 bits per heavy atom. The third-order valence-electron chi connectivity index (χ3n) is 3.19. The highest BCUT2D eigenvalue weighted by Crippen LogP contribution is 2.27. The summed E-state index contributed by atoms with van der Waals surface area (Å²) in [7, 11) is 0. The summed E-state index contributed by atoms with van der Waals surface area (Å²) >= 11 is 7.06. The second-order valence-corrected chi connectivity index (χ2v) is 6.22. The molecule has 1 aliphatic rings. The molecule has 2 heterocycles. The van der Waals surface area contributed by atoms with Crippen LogP contribution in [0.1, 0.15) is 25.8 Å². The van der Waals surface area contributed by atoms with Crippen molar-refractivity contribution >= 4 is 28.1 Å². The molecular formula is C13H19ClN4OS. The second kappa shape index (κ2) is 7.23. The highest BCUT2D eigenvalue weighted by molar-refractivity contribution is 7.10. The van der Waals surface area contributed by atoms with Gasteiger partial charge in [0.25, 0.3) is 0 Å².